The molecule has 0 saturated heterocycles. The highest BCUT2D eigenvalue weighted by Gasteiger charge is 2.26. The number of hydrogen-bond donors (Lipinski definition) is 1. The van der Waals surface area contributed by atoms with E-state index in [1.807, 2.05) is 7.11 Å². The molecule has 3 unspecified atom stereocenters. The Kier molecular flexibility index (Phi) is 6.06. The van der Waals surface area contributed by atoms with Crippen LogP contribution in [-0.4, -0.2) is 26.3 Å². The second-order valence-corrected chi connectivity index (χ2v) is 5.98. The monoisotopic (exact) mass is 275 g/mol. The molecule has 1 aliphatic carbocycles. The minimum absolute atomic E-state index is 0.332. The molecule has 0 bridgehead atoms. The number of aryl methyl sites for hydroxylation is 1. The third-order valence-corrected chi connectivity index (χ3v) is 4.73. The zero-order valence-corrected chi connectivity index (χ0v) is 13.2. The molecule has 2 nitrogen and oxygen atoms in total. The van der Waals surface area contributed by atoms with Gasteiger partial charge in [0.05, 0.1) is 6.10 Å². The third-order valence-electron chi connectivity index (χ3n) is 4.73. The summed E-state index contributed by atoms with van der Waals surface area (Å²) < 4.78 is 5.71. The second-order valence-electron chi connectivity index (χ2n) is 5.98. The van der Waals surface area contributed by atoms with Crippen LogP contribution in [0, 0.1) is 0 Å². The summed E-state index contributed by atoms with van der Waals surface area (Å²) in [4.78, 5) is 0. The zero-order chi connectivity index (χ0) is 14.4. The number of ether oxygens (including phenoxy) is 1. The number of rotatable bonds is 7. The Hall–Kier alpha value is -0.860. The number of benzene rings is 1. The van der Waals surface area contributed by atoms with Gasteiger partial charge < -0.3 is 10.1 Å². The van der Waals surface area contributed by atoms with E-state index in [1.54, 1.807) is 11.1 Å². The summed E-state index contributed by atoms with van der Waals surface area (Å²) in [6.45, 7) is 2.23. The molecule has 1 aromatic carbocycles. The molecule has 3 atom stereocenters. The van der Waals surface area contributed by atoms with Crippen molar-refractivity contribution in [1.82, 2.24) is 5.32 Å². The van der Waals surface area contributed by atoms with Gasteiger partial charge in [0.15, 0.2) is 0 Å². The first-order valence-corrected chi connectivity index (χ1v) is 8.08. The van der Waals surface area contributed by atoms with Crippen molar-refractivity contribution in [2.24, 2.45) is 0 Å². The van der Waals surface area contributed by atoms with Gasteiger partial charge in [-0.3, -0.25) is 0 Å². The molecule has 1 aromatic rings. The molecule has 0 radical (unpaired) electrons. The number of likely N-dealkylation sites (N-methyl/N-ethyl adjacent to an activating group) is 1. The molecule has 0 fully saturated rings. The molecule has 0 aliphatic heterocycles. The fraction of sp³-hybridized carbons (Fsp3) is 0.667. The van der Waals surface area contributed by atoms with Crippen molar-refractivity contribution < 1.29 is 4.74 Å². The Morgan fingerprint density at radius 3 is 2.85 bits per heavy atom. The molecule has 0 aromatic heterocycles. The van der Waals surface area contributed by atoms with E-state index < -0.39 is 0 Å². The lowest BCUT2D eigenvalue weighted by Gasteiger charge is -2.32. The first kappa shape index (κ1) is 15.5. The summed E-state index contributed by atoms with van der Waals surface area (Å²) >= 11 is 0. The number of hydrogen-bond acceptors (Lipinski definition) is 2. The molecule has 20 heavy (non-hydrogen) atoms. The maximum Gasteiger partial charge on any atom is 0.0724 e. The van der Waals surface area contributed by atoms with E-state index >= 15 is 0 Å². The summed E-state index contributed by atoms with van der Waals surface area (Å²) in [5, 5.41) is 3.49. The molecule has 0 amide bonds. The lowest BCUT2D eigenvalue weighted by molar-refractivity contribution is 0.0576. The Labute approximate surface area is 123 Å². The van der Waals surface area contributed by atoms with E-state index in [-0.39, 0.29) is 0 Å². The van der Waals surface area contributed by atoms with Crippen molar-refractivity contribution in [1.29, 1.82) is 0 Å². The lowest BCUT2D eigenvalue weighted by atomic mass is 9.78. The van der Waals surface area contributed by atoms with Crippen molar-refractivity contribution in [3.8, 4) is 0 Å². The van der Waals surface area contributed by atoms with Gasteiger partial charge in [0.1, 0.15) is 0 Å². The summed E-state index contributed by atoms with van der Waals surface area (Å²) in [7, 11) is 3.92. The van der Waals surface area contributed by atoms with Crippen LogP contribution >= 0.6 is 0 Å². The van der Waals surface area contributed by atoms with Gasteiger partial charge in [0, 0.05) is 13.2 Å². The largest absolute Gasteiger partial charge is 0.380 e. The molecule has 0 spiro atoms. The molecule has 0 saturated carbocycles. The first-order valence-electron chi connectivity index (χ1n) is 8.08. The average Bonchev–Trinajstić information content (AvgIpc) is 2.50. The fourth-order valence-electron chi connectivity index (χ4n) is 3.63. The Morgan fingerprint density at radius 1 is 1.35 bits per heavy atom. The SMILES string of the molecule is CCCC(OC)C(CC1CCCc2ccccc21)NC. The summed E-state index contributed by atoms with van der Waals surface area (Å²) in [5.41, 5.74) is 3.13. The Morgan fingerprint density at radius 2 is 2.15 bits per heavy atom. The molecular formula is C18H29NO. The Balaban J connectivity index is 2.08. The summed E-state index contributed by atoms with van der Waals surface area (Å²) in [6, 6.07) is 9.44. The second kappa shape index (κ2) is 7.80. The van der Waals surface area contributed by atoms with E-state index in [2.05, 4.69) is 43.6 Å². The van der Waals surface area contributed by atoms with Crippen LogP contribution in [-0.2, 0) is 11.2 Å². The van der Waals surface area contributed by atoms with Crippen LogP contribution in [0.2, 0.25) is 0 Å². The fourth-order valence-corrected chi connectivity index (χ4v) is 3.63. The molecule has 0 heterocycles. The van der Waals surface area contributed by atoms with Crippen LogP contribution < -0.4 is 5.32 Å². The van der Waals surface area contributed by atoms with Crippen LogP contribution in [0.1, 0.15) is 56.1 Å². The lowest BCUT2D eigenvalue weighted by Crippen LogP contribution is -2.40. The summed E-state index contributed by atoms with van der Waals surface area (Å²) in [6.07, 6.45) is 7.72. The van der Waals surface area contributed by atoms with Gasteiger partial charge in [-0.15, -0.1) is 0 Å². The van der Waals surface area contributed by atoms with E-state index in [0.717, 1.165) is 6.42 Å². The predicted octanol–water partition coefficient (Wildman–Crippen LogP) is 3.90. The molecule has 2 rings (SSSR count). The highest BCUT2D eigenvalue weighted by Crippen LogP contribution is 2.35. The highest BCUT2D eigenvalue weighted by atomic mass is 16.5. The maximum atomic E-state index is 5.71. The smallest absolute Gasteiger partial charge is 0.0724 e. The maximum absolute atomic E-state index is 5.71. The van der Waals surface area contributed by atoms with Crippen LogP contribution in [0.25, 0.3) is 0 Å². The van der Waals surface area contributed by atoms with E-state index in [1.165, 1.54) is 32.1 Å². The van der Waals surface area contributed by atoms with E-state index in [9.17, 15) is 0 Å². The highest BCUT2D eigenvalue weighted by molar-refractivity contribution is 5.32. The van der Waals surface area contributed by atoms with Gasteiger partial charge in [-0.2, -0.15) is 0 Å². The quantitative estimate of drug-likeness (QED) is 0.815. The van der Waals surface area contributed by atoms with Gasteiger partial charge in [-0.05, 0) is 56.2 Å². The number of fused-ring (bicyclic) bond motifs is 1. The predicted molar refractivity (Wildman–Crippen MR) is 85.3 cm³/mol. The zero-order valence-electron chi connectivity index (χ0n) is 13.2. The van der Waals surface area contributed by atoms with Crippen LogP contribution in [0.15, 0.2) is 24.3 Å². The molecule has 112 valence electrons. The topological polar surface area (TPSA) is 21.3 Å². The van der Waals surface area contributed by atoms with E-state index in [4.69, 9.17) is 4.74 Å². The summed E-state index contributed by atoms with van der Waals surface area (Å²) in [5.74, 6) is 0.687. The minimum atomic E-state index is 0.332. The van der Waals surface area contributed by atoms with Crippen molar-refractivity contribution in [3.63, 3.8) is 0 Å². The normalized spacial score (nSPS) is 21.2. The molecule has 1 aliphatic rings. The third kappa shape index (κ3) is 3.62. The first-order chi connectivity index (χ1) is 9.80. The van der Waals surface area contributed by atoms with Crippen LogP contribution in [0.3, 0.4) is 0 Å². The van der Waals surface area contributed by atoms with Gasteiger partial charge in [-0.25, -0.2) is 0 Å². The average molecular weight is 275 g/mol. The van der Waals surface area contributed by atoms with Crippen molar-refractivity contribution >= 4 is 0 Å². The van der Waals surface area contributed by atoms with Crippen LogP contribution in [0.4, 0.5) is 0 Å². The van der Waals surface area contributed by atoms with Crippen molar-refractivity contribution in [2.75, 3.05) is 14.2 Å². The van der Waals surface area contributed by atoms with Gasteiger partial charge >= 0.3 is 0 Å². The van der Waals surface area contributed by atoms with E-state index in [0.29, 0.717) is 18.1 Å². The molecule has 2 heteroatoms. The number of nitrogens with one attached hydrogen (secondary N) is 1. The Bertz CT molecular complexity index is 404. The van der Waals surface area contributed by atoms with Crippen molar-refractivity contribution in [2.45, 2.75) is 63.5 Å². The van der Waals surface area contributed by atoms with Gasteiger partial charge in [-0.1, -0.05) is 37.6 Å². The molecular weight excluding hydrogens is 246 g/mol. The number of methoxy groups -OCH3 is 1. The molecule has 1 N–H and O–H groups in total. The van der Waals surface area contributed by atoms with Gasteiger partial charge in [0.2, 0.25) is 0 Å². The minimum Gasteiger partial charge on any atom is -0.380 e. The van der Waals surface area contributed by atoms with Crippen LogP contribution in [0.5, 0.6) is 0 Å². The van der Waals surface area contributed by atoms with Gasteiger partial charge in [0.25, 0.3) is 0 Å². The van der Waals surface area contributed by atoms with Crippen molar-refractivity contribution in [3.05, 3.63) is 35.4 Å². The standard InChI is InChI=1S/C18H29NO/c1-4-8-18(20-3)17(19-2)13-15-11-7-10-14-9-5-6-12-16(14)15/h5-6,9,12,15,17-19H,4,7-8,10-11,13H2,1-3H3.